The van der Waals surface area contributed by atoms with E-state index in [0.29, 0.717) is 0 Å². The first-order valence-electron chi connectivity index (χ1n) is 7.18. The third-order valence-corrected chi connectivity index (χ3v) is 4.38. The van der Waals surface area contributed by atoms with Crippen LogP contribution in [0.1, 0.15) is 46.0 Å². The van der Waals surface area contributed by atoms with E-state index < -0.39 is 0 Å². The molecule has 3 nitrogen and oxygen atoms in total. The van der Waals surface area contributed by atoms with Gasteiger partial charge in [0.1, 0.15) is 0 Å². The average Bonchev–Trinajstić information content (AvgIpc) is 2.35. The van der Waals surface area contributed by atoms with Crippen LogP contribution in [-0.4, -0.2) is 48.8 Å². The van der Waals surface area contributed by atoms with Crippen LogP contribution in [0.15, 0.2) is 0 Å². The quantitative estimate of drug-likeness (QED) is 0.715. The van der Waals surface area contributed by atoms with Crippen molar-refractivity contribution in [2.75, 3.05) is 33.3 Å². The first-order valence-corrected chi connectivity index (χ1v) is 7.18. The van der Waals surface area contributed by atoms with Gasteiger partial charge >= 0.3 is 0 Å². The summed E-state index contributed by atoms with van der Waals surface area (Å²) >= 11 is 0. The molecule has 0 bridgehead atoms. The minimum atomic E-state index is -0.0542. The number of likely N-dealkylation sites (N-methyl/N-ethyl adjacent to an activating group) is 1. The van der Waals surface area contributed by atoms with E-state index in [2.05, 4.69) is 24.1 Å². The van der Waals surface area contributed by atoms with Gasteiger partial charge in [-0.1, -0.05) is 13.8 Å². The van der Waals surface area contributed by atoms with Crippen LogP contribution in [0.4, 0.5) is 0 Å². The van der Waals surface area contributed by atoms with Gasteiger partial charge in [0, 0.05) is 12.1 Å². The molecule has 0 amide bonds. The molecule has 102 valence electrons. The average molecular weight is 242 g/mol. The van der Waals surface area contributed by atoms with Gasteiger partial charge in [-0.15, -0.1) is 0 Å². The Labute approximate surface area is 107 Å². The predicted octanol–water partition coefficient (Wildman–Crippen LogP) is 1.86. The highest BCUT2D eigenvalue weighted by Crippen LogP contribution is 2.19. The van der Waals surface area contributed by atoms with E-state index in [1.807, 2.05) is 7.05 Å². The normalized spacial score (nSPS) is 25.8. The third kappa shape index (κ3) is 4.57. The molecule has 1 aliphatic rings. The van der Waals surface area contributed by atoms with Crippen molar-refractivity contribution in [2.24, 2.45) is 5.92 Å². The fraction of sp³-hybridized carbons (Fsp3) is 1.00. The number of piperidine rings is 1. The monoisotopic (exact) mass is 242 g/mol. The highest BCUT2D eigenvalue weighted by atomic mass is 16.3. The molecule has 3 heteroatoms. The van der Waals surface area contributed by atoms with Gasteiger partial charge in [-0.05, 0) is 58.2 Å². The van der Waals surface area contributed by atoms with Crippen LogP contribution in [0, 0.1) is 5.92 Å². The molecular formula is C14H30N2O. The van der Waals surface area contributed by atoms with Crippen molar-refractivity contribution in [3.8, 4) is 0 Å². The first kappa shape index (κ1) is 14.9. The summed E-state index contributed by atoms with van der Waals surface area (Å²) in [6.07, 6.45) is 5.99. The minimum Gasteiger partial charge on any atom is -0.394 e. The second-order valence-electron chi connectivity index (χ2n) is 5.69. The molecule has 0 spiro atoms. The number of nitrogens with one attached hydrogen (secondary N) is 1. The van der Waals surface area contributed by atoms with Crippen LogP contribution in [0.5, 0.6) is 0 Å². The van der Waals surface area contributed by atoms with Gasteiger partial charge in [0.05, 0.1) is 6.61 Å². The van der Waals surface area contributed by atoms with Crippen molar-refractivity contribution in [1.29, 1.82) is 0 Å². The number of hydrogen-bond acceptors (Lipinski definition) is 3. The molecule has 1 fully saturated rings. The Balaban J connectivity index is 2.26. The van der Waals surface area contributed by atoms with Gasteiger partial charge in [0.2, 0.25) is 0 Å². The summed E-state index contributed by atoms with van der Waals surface area (Å²) in [6, 6.07) is 0. The molecule has 2 N–H and O–H groups in total. The van der Waals surface area contributed by atoms with Crippen LogP contribution in [0.3, 0.4) is 0 Å². The van der Waals surface area contributed by atoms with Gasteiger partial charge < -0.3 is 15.3 Å². The second kappa shape index (κ2) is 7.34. The largest absolute Gasteiger partial charge is 0.394 e. The lowest BCUT2D eigenvalue weighted by Gasteiger charge is -2.34. The summed E-state index contributed by atoms with van der Waals surface area (Å²) in [5.74, 6) is 0.863. The Morgan fingerprint density at radius 2 is 2.24 bits per heavy atom. The number of aliphatic hydroxyl groups excluding tert-OH is 1. The zero-order chi connectivity index (χ0) is 12.7. The highest BCUT2D eigenvalue weighted by Gasteiger charge is 2.25. The lowest BCUT2D eigenvalue weighted by molar-refractivity contribution is 0.136. The van der Waals surface area contributed by atoms with Crippen molar-refractivity contribution in [3.05, 3.63) is 0 Å². The summed E-state index contributed by atoms with van der Waals surface area (Å²) in [7, 11) is 1.96. The van der Waals surface area contributed by atoms with Crippen molar-refractivity contribution in [2.45, 2.75) is 51.5 Å². The standard InChI is InChI=1S/C14H30N2O/c1-4-14(12-17,15-3)8-6-10-16-9-5-7-13(2)11-16/h13,15,17H,4-12H2,1-3H3. The van der Waals surface area contributed by atoms with E-state index in [-0.39, 0.29) is 12.1 Å². The third-order valence-electron chi connectivity index (χ3n) is 4.38. The van der Waals surface area contributed by atoms with E-state index in [1.165, 1.54) is 38.9 Å². The van der Waals surface area contributed by atoms with Gasteiger partial charge in [0.25, 0.3) is 0 Å². The Morgan fingerprint density at radius 3 is 2.76 bits per heavy atom. The molecule has 0 aromatic heterocycles. The minimum absolute atomic E-state index is 0.0542. The molecule has 0 radical (unpaired) electrons. The summed E-state index contributed by atoms with van der Waals surface area (Å²) < 4.78 is 0. The Kier molecular flexibility index (Phi) is 6.45. The maximum absolute atomic E-state index is 9.48. The summed E-state index contributed by atoms with van der Waals surface area (Å²) in [6.45, 7) is 8.46. The zero-order valence-electron chi connectivity index (χ0n) is 11.8. The molecule has 1 saturated heterocycles. The maximum atomic E-state index is 9.48. The highest BCUT2D eigenvalue weighted by molar-refractivity contribution is 4.85. The van der Waals surface area contributed by atoms with Crippen LogP contribution in [0.2, 0.25) is 0 Å². The summed E-state index contributed by atoms with van der Waals surface area (Å²) in [5, 5.41) is 12.8. The molecule has 0 saturated carbocycles. The van der Waals surface area contributed by atoms with E-state index >= 15 is 0 Å². The SMILES string of the molecule is CCC(CO)(CCCN1CCCC(C)C1)NC. The Morgan fingerprint density at radius 1 is 1.47 bits per heavy atom. The van der Waals surface area contributed by atoms with Crippen molar-refractivity contribution in [3.63, 3.8) is 0 Å². The van der Waals surface area contributed by atoms with Crippen LogP contribution >= 0.6 is 0 Å². The van der Waals surface area contributed by atoms with Crippen molar-refractivity contribution >= 4 is 0 Å². The molecule has 0 aromatic rings. The number of aliphatic hydroxyl groups is 1. The predicted molar refractivity (Wildman–Crippen MR) is 73.2 cm³/mol. The topological polar surface area (TPSA) is 35.5 Å². The van der Waals surface area contributed by atoms with Gasteiger partial charge in [-0.2, -0.15) is 0 Å². The smallest absolute Gasteiger partial charge is 0.0613 e. The molecular weight excluding hydrogens is 212 g/mol. The molecule has 2 unspecified atom stereocenters. The Bertz CT molecular complexity index is 196. The van der Waals surface area contributed by atoms with E-state index in [0.717, 1.165) is 18.8 Å². The molecule has 1 rings (SSSR count). The molecule has 0 aromatic carbocycles. The summed E-state index contributed by atoms with van der Waals surface area (Å²) in [4.78, 5) is 2.58. The van der Waals surface area contributed by atoms with Gasteiger partial charge in [-0.3, -0.25) is 0 Å². The molecule has 17 heavy (non-hydrogen) atoms. The van der Waals surface area contributed by atoms with Crippen molar-refractivity contribution < 1.29 is 5.11 Å². The fourth-order valence-electron chi connectivity index (χ4n) is 2.88. The first-order chi connectivity index (χ1) is 8.15. The van der Waals surface area contributed by atoms with Crippen LogP contribution < -0.4 is 5.32 Å². The Hall–Kier alpha value is -0.120. The van der Waals surface area contributed by atoms with Crippen LogP contribution in [0.25, 0.3) is 0 Å². The van der Waals surface area contributed by atoms with E-state index in [9.17, 15) is 5.11 Å². The van der Waals surface area contributed by atoms with Gasteiger partial charge in [-0.25, -0.2) is 0 Å². The van der Waals surface area contributed by atoms with Crippen molar-refractivity contribution in [1.82, 2.24) is 10.2 Å². The van der Waals surface area contributed by atoms with Gasteiger partial charge in [0.15, 0.2) is 0 Å². The fourth-order valence-corrected chi connectivity index (χ4v) is 2.88. The van der Waals surface area contributed by atoms with E-state index in [4.69, 9.17) is 0 Å². The lowest BCUT2D eigenvalue weighted by atomic mass is 9.91. The number of nitrogens with zero attached hydrogens (tertiary/aromatic N) is 1. The number of likely N-dealkylation sites (tertiary alicyclic amines) is 1. The molecule has 0 aliphatic carbocycles. The van der Waals surface area contributed by atoms with E-state index in [1.54, 1.807) is 0 Å². The zero-order valence-corrected chi connectivity index (χ0v) is 11.8. The maximum Gasteiger partial charge on any atom is 0.0613 e. The molecule has 2 atom stereocenters. The summed E-state index contributed by atoms with van der Waals surface area (Å²) in [5.41, 5.74) is -0.0542. The lowest BCUT2D eigenvalue weighted by Crippen LogP contribution is -2.46. The number of hydrogen-bond donors (Lipinski definition) is 2. The van der Waals surface area contributed by atoms with Crippen LogP contribution in [-0.2, 0) is 0 Å². The number of rotatable bonds is 7. The molecule has 1 aliphatic heterocycles. The second-order valence-corrected chi connectivity index (χ2v) is 5.69. The molecule has 1 heterocycles.